The molecule has 1 aromatic heterocycles. The largest absolute Gasteiger partial charge is 0.484 e. The lowest BCUT2D eigenvalue weighted by Gasteiger charge is -2.11. The van der Waals surface area contributed by atoms with Crippen LogP contribution in [0.15, 0.2) is 66.0 Å². The summed E-state index contributed by atoms with van der Waals surface area (Å²) in [7, 11) is 0. The van der Waals surface area contributed by atoms with Crippen LogP contribution in [0, 0.1) is 0 Å². The normalized spacial score (nSPS) is 11.5. The summed E-state index contributed by atoms with van der Waals surface area (Å²) in [5, 5.41) is 7.46. The average molecular weight is 409 g/mol. The lowest BCUT2D eigenvalue weighted by molar-refractivity contribution is -0.118. The van der Waals surface area contributed by atoms with Gasteiger partial charge in [0.05, 0.1) is 4.88 Å². The molecule has 1 unspecified atom stereocenters. The molecule has 0 spiro atoms. The third-order valence-electron chi connectivity index (χ3n) is 4.60. The van der Waals surface area contributed by atoms with Gasteiger partial charge in [0.15, 0.2) is 6.61 Å². The first-order chi connectivity index (χ1) is 14.0. The standard InChI is InChI=1S/C23H24N2O3S/c1-3-16(2)17-6-12-20(13-7-17)28-15-22(26)24-18-8-10-19(11-9-18)25-23(27)21-5-4-14-29-21/h4-14,16H,3,15H2,1-2H3,(H,24,26)(H,25,27). The van der Waals surface area contributed by atoms with E-state index in [2.05, 4.69) is 24.5 Å². The number of anilines is 2. The molecule has 0 aliphatic rings. The second-order valence-electron chi connectivity index (χ2n) is 6.72. The minimum atomic E-state index is -0.244. The van der Waals surface area contributed by atoms with E-state index in [1.165, 1.54) is 16.9 Å². The van der Waals surface area contributed by atoms with Crippen molar-refractivity contribution in [1.82, 2.24) is 0 Å². The summed E-state index contributed by atoms with van der Waals surface area (Å²) in [6.45, 7) is 4.27. The predicted molar refractivity (Wildman–Crippen MR) is 118 cm³/mol. The Labute approximate surface area is 174 Å². The molecule has 0 aliphatic carbocycles. The van der Waals surface area contributed by atoms with E-state index >= 15 is 0 Å². The van der Waals surface area contributed by atoms with Gasteiger partial charge < -0.3 is 15.4 Å². The van der Waals surface area contributed by atoms with Gasteiger partial charge in [-0.15, -0.1) is 11.3 Å². The number of hydrogen-bond acceptors (Lipinski definition) is 4. The number of benzene rings is 2. The van der Waals surface area contributed by atoms with Crippen molar-refractivity contribution in [2.24, 2.45) is 0 Å². The maximum atomic E-state index is 12.1. The summed E-state index contributed by atoms with van der Waals surface area (Å²) >= 11 is 1.39. The quantitative estimate of drug-likeness (QED) is 0.515. The molecular formula is C23H24N2O3S. The monoisotopic (exact) mass is 408 g/mol. The van der Waals surface area contributed by atoms with Gasteiger partial charge in [0.2, 0.25) is 0 Å². The Morgan fingerprint density at radius 2 is 1.62 bits per heavy atom. The molecule has 0 saturated carbocycles. The molecule has 1 heterocycles. The number of carbonyl (C=O) groups is 2. The van der Waals surface area contributed by atoms with E-state index < -0.39 is 0 Å². The van der Waals surface area contributed by atoms with Crippen molar-refractivity contribution >= 4 is 34.5 Å². The van der Waals surface area contributed by atoms with Crippen molar-refractivity contribution < 1.29 is 14.3 Å². The van der Waals surface area contributed by atoms with Gasteiger partial charge in [0, 0.05) is 11.4 Å². The molecule has 5 nitrogen and oxygen atoms in total. The van der Waals surface area contributed by atoms with Gasteiger partial charge in [0.1, 0.15) is 5.75 Å². The highest BCUT2D eigenvalue weighted by molar-refractivity contribution is 7.12. The molecule has 0 fully saturated rings. The number of amides is 2. The second kappa shape index (κ2) is 9.89. The highest BCUT2D eigenvalue weighted by Crippen LogP contribution is 2.21. The molecule has 1 atom stereocenters. The zero-order chi connectivity index (χ0) is 20.6. The van der Waals surface area contributed by atoms with Gasteiger partial charge in [-0.1, -0.05) is 32.0 Å². The summed E-state index contributed by atoms with van der Waals surface area (Å²) in [4.78, 5) is 24.8. The first-order valence-electron chi connectivity index (χ1n) is 9.52. The predicted octanol–water partition coefficient (Wildman–Crippen LogP) is 5.53. The zero-order valence-electron chi connectivity index (χ0n) is 16.5. The van der Waals surface area contributed by atoms with E-state index in [9.17, 15) is 9.59 Å². The van der Waals surface area contributed by atoms with E-state index in [-0.39, 0.29) is 18.4 Å². The maximum Gasteiger partial charge on any atom is 0.265 e. The van der Waals surface area contributed by atoms with Crippen LogP contribution in [0.3, 0.4) is 0 Å². The van der Waals surface area contributed by atoms with Gasteiger partial charge in [-0.2, -0.15) is 0 Å². The van der Waals surface area contributed by atoms with Crippen LogP contribution in [0.5, 0.6) is 5.75 Å². The molecule has 0 bridgehead atoms. The van der Waals surface area contributed by atoms with Crippen molar-refractivity contribution in [3.63, 3.8) is 0 Å². The summed E-state index contributed by atoms with van der Waals surface area (Å²) in [5.74, 6) is 0.778. The lowest BCUT2D eigenvalue weighted by atomic mass is 9.99. The third kappa shape index (κ3) is 5.93. The smallest absolute Gasteiger partial charge is 0.265 e. The fourth-order valence-corrected chi connectivity index (χ4v) is 3.33. The number of rotatable bonds is 8. The number of thiophene rings is 1. The van der Waals surface area contributed by atoms with E-state index in [0.717, 1.165) is 6.42 Å². The number of ether oxygens (including phenoxy) is 1. The Kier molecular flexibility index (Phi) is 7.03. The maximum absolute atomic E-state index is 12.1. The Morgan fingerprint density at radius 1 is 0.966 bits per heavy atom. The van der Waals surface area contributed by atoms with Crippen molar-refractivity contribution in [3.05, 3.63) is 76.5 Å². The molecule has 29 heavy (non-hydrogen) atoms. The average Bonchev–Trinajstić information content (AvgIpc) is 3.28. The molecule has 150 valence electrons. The van der Waals surface area contributed by atoms with Gasteiger partial charge in [0.25, 0.3) is 11.8 Å². The van der Waals surface area contributed by atoms with Crippen molar-refractivity contribution in [3.8, 4) is 5.75 Å². The highest BCUT2D eigenvalue weighted by atomic mass is 32.1. The van der Waals surface area contributed by atoms with Crippen molar-refractivity contribution in [2.75, 3.05) is 17.2 Å². The fraction of sp³-hybridized carbons (Fsp3) is 0.217. The summed E-state index contributed by atoms with van der Waals surface area (Å²) in [6, 6.07) is 18.4. The van der Waals surface area contributed by atoms with Crippen LogP contribution in [0.1, 0.15) is 41.4 Å². The molecule has 3 aromatic rings. The van der Waals surface area contributed by atoms with E-state index in [1.807, 2.05) is 35.7 Å². The van der Waals surface area contributed by atoms with Gasteiger partial charge in [-0.05, 0) is 65.7 Å². The first kappa shape index (κ1) is 20.6. The Hall–Kier alpha value is -3.12. The van der Waals surface area contributed by atoms with Gasteiger partial charge in [-0.3, -0.25) is 9.59 Å². The molecular weight excluding hydrogens is 384 g/mol. The minimum Gasteiger partial charge on any atom is -0.484 e. The SMILES string of the molecule is CCC(C)c1ccc(OCC(=O)Nc2ccc(NC(=O)c3cccs3)cc2)cc1. The van der Waals surface area contributed by atoms with Crippen LogP contribution in [-0.4, -0.2) is 18.4 Å². The summed E-state index contributed by atoms with van der Waals surface area (Å²) < 4.78 is 5.56. The number of hydrogen-bond donors (Lipinski definition) is 2. The van der Waals surface area contributed by atoms with Crippen molar-refractivity contribution in [2.45, 2.75) is 26.2 Å². The molecule has 3 rings (SSSR count). The topological polar surface area (TPSA) is 67.4 Å². The molecule has 0 aliphatic heterocycles. The van der Waals surface area contributed by atoms with E-state index in [1.54, 1.807) is 30.3 Å². The summed E-state index contributed by atoms with van der Waals surface area (Å²) in [5.41, 5.74) is 2.56. The van der Waals surface area contributed by atoms with Gasteiger partial charge in [-0.25, -0.2) is 0 Å². The van der Waals surface area contributed by atoms with Crippen LogP contribution in [0.2, 0.25) is 0 Å². The number of nitrogens with one attached hydrogen (secondary N) is 2. The van der Waals surface area contributed by atoms with E-state index in [0.29, 0.717) is 27.9 Å². The molecule has 2 N–H and O–H groups in total. The Morgan fingerprint density at radius 3 is 2.21 bits per heavy atom. The molecule has 2 amide bonds. The third-order valence-corrected chi connectivity index (χ3v) is 5.47. The number of carbonyl (C=O) groups excluding carboxylic acids is 2. The first-order valence-corrected chi connectivity index (χ1v) is 10.4. The zero-order valence-corrected chi connectivity index (χ0v) is 17.3. The fourth-order valence-electron chi connectivity index (χ4n) is 2.71. The Bertz CT molecular complexity index is 935. The van der Waals surface area contributed by atoms with Crippen LogP contribution in [0.4, 0.5) is 11.4 Å². The summed E-state index contributed by atoms with van der Waals surface area (Å²) in [6.07, 6.45) is 1.08. The van der Waals surface area contributed by atoms with Crippen LogP contribution < -0.4 is 15.4 Å². The van der Waals surface area contributed by atoms with E-state index in [4.69, 9.17) is 4.74 Å². The molecule has 0 radical (unpaired) electrons. The van der Waals surface area contributed by atoms with Crippen molar-refractivity contribution in [1.29, 1.82) is 0 Å². The lowest BCUT2D eigenvalue weighted by Crippen LogP contribution is -2.20. The van der Waals surface area contributed by atoms with Gasteiger partial charge >= 0.3 is 0 Å². The minimum absolute atomic E-state index is 0.0699. The van der Waals surface area contributed by atoms with Crippen LogP contribution in [0.25, 0.3) is 0 Å². The molecule has 2 aromatic carbocycles. The highest BCUT2D eigenvalue weighted by Gasteiger charge is 2.08. The Balaban J connectivity index is 1.47. The molecule has 6 heteroatoms. The second-order valence-corrected chi connectivity index (χ2v) is 7.67. The van der Waals surface area contributed by atoms with Crippen LogP contribution >= 0.6 is 11.3 Å². The molecule has 0 saturated heterocycles. The van der Waals surface area contributed by atoms with Crippen LogP contribution in [-0.2, 0) is 4.79 Å².